The highest BCUT2D eigenvalue weighted by atomic mass is 19.1. The van der Waals surface area contributed by atoms with Gasteiger partial charge in [0.2, 0.25) is 0 Å². The zero-order valence-electron chi connectivity index (χ0n) is 15.6. The molecule has 0 bridgehead atoms. The minimum Gasteiger partial charge on any atom is -0.345 e. The van der Waals surface area contributed by atoms with Crippen molar-refractivity contribution in [1.82, 2.24) is 19.8 Å². The third kappa shape index (κ3) is 4.07. The van der Waals surface area contributed by atoms with E-state index in [-0.39, 0.29) is 17.8 Å². The molecule has 2 aromatic rings. The summed E-state index contributed by atoms with van der Waals surface area (Å²) in [7, 11) is 3.45. The Labute approximate surface area is 153 Å². The van der Waals surface area contributed by atoms with Crippen molar-refractivity contribution >= 4 is 5.91 Å². The summed E-state index contributed by atoms with van der Waals surface area (Å²) >= 11 is 0. The predicted molar refractivity (Wildman–Crippen MR) is 98.2 cm³/mol. The molecule has 1 aromatic heterocycles. The Bertz CT molecular complexity index is 776. The van der Waals surface area contributed by atoms with Gasteiger partial charge in [-0.3, -0.25) is 9.69 Å². The zero-order valence-corrected chi connectivity index (χ0v) is 15.6. The molecule has 26 heavy (non-hydrogen) atoms. The van der Waals surface area contributed by atoms with Gasteiger partial charge in [0.05, 0.1) is 17.3 Å². The third-order valence-electron chi connectivity index (χ3n) is 4.85. The first kappa shape index (κ1) is 18.5. The van der Waals surface area contributed by atoms with Gasteiger partial charge in [-0.05, 0) is 44.0 Å². The van der Waals surface area contributed by atoms with Crippen LogP contribution in [0.3, 0.4) is 0 Å². The maximum Gasteiger partial charge on any atom is 0.256 e. The van der Waals surface area contributed by atoms with Gasteiger partial charge in [0.15, 0.2) is 0 Å². The van der Waals surface area contributed by atoms with Crippen LogP contribution in [-0.2, 0) is 6.54 Å². The van der Waals surface area contributed by atoms with Crippen molar-refractivity contribution in [3.05, 3.63) is 58.9 Å². The van der Waals surface area contributed by atoms with E-state index in [0.717, 1.165) is 43.7 Å². The van der Waals surface area contributed by atoms with E-state index in [1.165, 1.54) is 17.0 Å². The second-order valence-electron chi connectivity index (χ2n) is 7.04. The molecule has 5 nitrogen and oxygen atoms in total. The Morgan fingerprint density at radius 3 is 2.65 bits per heavy atom. The van der Waals surface area contributed by atoms with Crippen molar-refractivity contribution < 1.29 is 9.18 Å². The number of aromatic nitrogens is 2. The summed E-state index contributed by atoms with van der Waals surface area (Å²) in [4.78, 5) is 25.2. The van der Waals surface area contributed by atoms with Gasteiger partial charge in [-0.2, -0.15) is 0 Å². The number of nitrogens with zero attached hydrogens (tertiary/aromatic N) is 4. The molecule has 0 aliphatic carbocycles. The van der Waals surface area contributed by atoms with E-state index in [9.17, 15) is 9.18 Å². The zero-order chi connectivity index (χ0) is 18.7. The number of amides is 1. The Kier molecular flexibility index (Phi) is 5.61. The summed E-state index contributed by atoms with van der Waals surface area (Å²) in [6, 6.07) is 6.77. The second-order valence-corrected chi connectivity index (χ2v) is 7.04. The molecule has 0 spiro atoms. The van der Waals surface area contributed by atoms with Crippen molar-refractivity contribution in [2.24, 2.45) is 0 Å². The molecular weight excluding hydrogens is 331 g/mol. The van der Waals surface area contributed by atoms with Crippen molar-refractivity contribution in [3.63, 3.8) is 0 Å². The lowest BCUT2D eigenvalue weighted by molar-refractivity contribution is 0.0825. The minimum atomic E-state index is -0.218. The van der Waals surface area contributed by atoms with Gasteiger partial charge in [-0.1, -0.05) is 18.6 Å². The average Bonchev–Trinajstić information content (AvgIpc) is 2.63. The van der Waals surface area contributed by atoms with Gasteiger partial charge >= 0.3 is 0 Å². The predicted octanol–water partition coefficient (Wildman–Crippen LogP) is 3.35. The SMILES string of the molecule is Cc1nc([C@@H]2CCCCN2Cc2ccc(F)cc2)ncc1C(=O)N(C)C. The molecule has 0 unspecified atom stereocenters. The van der Waals surface area contributed by atoms with Crippen molar-refractivity contribution in [2.45, 2.75) is 38.8 Å². The fourth-order valence-corrected chi connectivity index (χ4v) is 3.39. The molecule has 2 heterocycles. The van der Waals surface area contributed by atoms with Crippen LogP contribution < -0.4 is 0 Å². The molecule has 138 valence electrons. The van der Waals surface area contributed by atoms with Crippen LogP contribution in [0.15, 0.2) is 30.5 Å². The molecular formula is C20H25FN4O. The minimum absolute atomic E-state index is 0.0825. The Balaban J connectivity index is 1.82. The Morgan fingerprint density at radius 1 is 1.27 bits per heavy atom. The number of likely N-dealkylation sites (tertiary alicyclic amines) is 1. The largest absolute Gasteiger partial charge is 0.345 e. The highest BCUT2D eigenvalue weighted by molar-refractivity contribution is 5.94. The lowest BCUT2D eigenvalue weighted by Gasteiger charge is -2.35. The number of aryl methyl sites for hydroxylation is 1. The van der Waals surface area contributed by atoms with Crippen molar-refractivity contribution in [2.75, 3.05) is 20.6 Å². The fourth-order valence-electron chi connectivity index (χ4n) is 3.39. The van der Waals surface area contributed by atoms with Crippen molar-refractivity contribution in [1.29, 1.82) is 0 Å². The van der Waals surface area contributed by atoms with Gasteiger partial charge in [0, 0.05) is 26.8 Å². The van der Waals surface area contributed by atoms with Crippen LogP contribution in [0.1, 0.15) is 52.7 Å². The van der Waals surface area contributed by atoms with Gasteiger partial charge in [-0.25, -0.2) is 14.4 Å². The lowest BCUT2D eigenvalue weighted by Crippen LogP contribution is -2.34. The smallest absolute Gasteiger partial charge is 0.256 e. The average molecular weight is 356 g/mol. The van der Waals surface area contributed by atoms with E-state index in [1.54, 1.807) is 20.3 Å². The van der Waals surface area contributed by atoms with Crippen LogP contribution in [0.4, 0.5) is 4.39 Å². The molecule has 0 saturated carbocycles. The Morgan fingerprint density at radius 2 is 2.00 bits per heavy atom. The van der Waals surface area contributed by atoms with Gasteiger partial charge in [0.1, 0.15) is 11.6 Å². The molecule has 1 amide bonds. The van der Waals surface area contributed by atoms with Gasteiger partial charge in [0.25, 0.3) is 5.91 Å². The van der Waals surface area contributed by atoms with E-state index >= 15 is 0 Å². The molecule has 1 aromatic carbocycles. The number of hydrogen-bond donors (Lipinski definition) is 0. The summed E-state index contributed by atoms with van der Waals surface area (Å²) in [5.74, 6) is 0.463. The quantitative estimate of drug-likeness (QED) is 0.843. The molecule has 1 aliphatic heterocycles. The first-order valence-electron chi connectivity index (χ1n) is 8.99. The molecule has 1 fully saturated rings. The van der Waals surface area contributed by atoms with E-state index in [2.05, 4.69) is 14.9 Å². The number of piperidine rings is 1. The van der Waals surface area contributed by atoms with E-state index in [0.29, 0.717) is 11.3 Å². The number of rotatable bonds is 4. The number of carbonyl (C=O) groups excluding carboxylic acids is 1. The standard InChI is InChI=1S/C20H25FN4O/c1-14-17(20(26)24(2)3)12-22-19(23-14)18-6-4-5-11-25(18)13-15-7-9-16(21)10-8-15/h7-10,12,18H,4-6,11,13H2,1-3H3/t18-/m0/s1. The van der Waals surface area contributed by atoms with E-state index in [4.69, 9.17) is 0 Å². The summed E-state index contributed by atoms with van der Waals surface area (Å²) in [5, 5.41) is 0. The highest BCUT2D eigenvalue weighted by Gasteiger charge is 2.27. The van der Waals surface area contributed by atoms with E-state index in [1.807, 2.05) is 19.1 Å². The van der Waals surface area contributed by atoms with E-state index < -0.39 is 0 Å². The van der Waals surface area contributed by atoms with Crippen molar-refractivity contribution in [3.8, 4) is 0 Å². The summed E-state index contributed by atoms with van der Waals surface area (Å²) in [6.45, 7) is 3.56. The highest BCUT2D eigenvalue weighted by Crippen LogP contribution is 2.30. The van der Waals surface area contributed by atoms with Crippen LogP contribution in [0, 0.1) is 12.7 Å². The maximum atomic E-state index is 13.1. The topological polar surface area (TPSA) is 49.3 Å². The molecule has 0 N–H and O–H groups in total. The fraction of sp³-hybridized carbons (Fsp3) is 0.450. The van der Waals surface area contributed by atoms with Crippen LogP contribution in [0.5, 0.6) is 0 Å². The number of hydrogen-bond acceptors (Lipinski definition) is 4. The molecule has 1 aliphatic rings. The van der Waals surface area contributed by atoms with Gasteiger partial charge in [-0.15, -0.1) is 0 Å². The monoisotopic (exact) mass is 356 g/mol. The lowest BCUT2D eigenvalue weighted by atomic mass is 10.00. The van der Waals surface area contributed by atoms with Crippen LogP contribution >= 0.6 is 0 Å². The maximum absolute atomic E-state index is 13.1. The number of halogens is 1. The second kappa shape index (κ2) is 7.91. The molecule has 1 atom stereocenters. The Hall–Kier alpha value is -2.34. The number of benzene rings is 1. The summed E-state index contributed by atoms with van der Waals surface area (Å²) < 4.78 is 13.1. The normalized spacial score (nSPS) is 17.9. The number of carbonyl (C=O) groups is 1. The van der Waals surface area contributed by atoms with Crippen LogP contribution in [-0.4, -0.2) is 46.3 Å². The van der Waals surface area contributed by atoms with Gasteiger partial charge < -0.3 is 4.90 Å². The summed E-state index contributed by atoms with van der Waals surface area (Å²) in [5.41, 5.74) is 2.33. The van der Waals surface area contributed by atoms with Crippen LogP contribution in [0.25, 0.3) is 0 Å². The molecule has 3 rings (SSSR count). The molecule has 0 radical (unpaired) electrons. The third-order valence-corrected chi connectivity index (χ3v) is 4.85. The first-order chi connectivity index (χ1) is 12.5. The van der Waals surface area contributed by atoms with Crippen LogP contribution in [0.2, 0.25) is 0 Å². The first-order valence-corrected chi connectivity index (χ1v) is 8.99. The molecule has 1 saturated heterocycles. The summed E-state index contributed by atoms with van der Waals surface area (Å²) in [6.07, 6.45) is 4.89. The molecule has 6 heteroatoms.